The Bertz CT molecular complexity index is 772. The Morgan fingerprint density at radius 1 is 1.04 bits per heavy atom. The van der Waals surface area contributed by atoms with Crippen LogP contribution in [0, 0.1) is 0 Å². The predicted octanol–water partition coefficient (Wildman–Crippen LogP) is 2.52. The molecule has 24 heavy (non-hydrogen) atoms. The predicted molar refractivity (Wildman–Crippen MR) is 94.5 cm³/mol. The summed E-state index contributed by atoms with van der Waals surface area (Å²) < 4.78 is 25.6. The molecule has 2 rings (SSSR count). The molecule has 0 saturated heterocycles. The Kier molecular flexibility index (Phi) is 6.11. The maximum Gasteiger partial charge on any atom is 0.251 e. The van der Waals surface area contributed by atoms with Crippen molar-refractivity contribution in [2.24, 2.45) is 0 Å². The summed E-state index contributed by atoms with van der Waals surface area (Å²) in [5.74, 6) is 0.0388. The summed E-state index contributed by atoms with van der Waals surface area (Å²) in [6, 6.07) is 15.9. The van der Waals surface area contributed by atoms with Crippen molar-refractivity contribution in [1.82, 2.24) is 10.0 Å². The van der Waals surface area contributed by atoms with Crippen LogP contribution in [0.25, 0.3) is 0 Å². The quantitative estimate of drug-likeness (QED) is 0.809. The summed E-state index contributed by atoms with van der Waals surface area (Å²) in [5, 5.41) is 2.92. The Morgan fingerprint density at radius 3 is 2.21 bits per heavy atom. The molecule has 0 saturated carbocycles. The van der Waals surface area contributed by atoms with Gasteiger partial charge in [-0.15, -0.1) is 0 Å². The standard InChI is InChI=1S/C18H22N2O3S/c1-3-14(15-7-5-4-6-8-15)13-20-18(21)16-9-11-17(12-10-16)24(22,23)19-2/h4-12,14,19H,3,13H2,1-2H3,(H,20,21). The van der Waals surface area contributed by atoms with Crippen LogP contribution in [-0.4, -0.2) is 27.9 Å². The Balaban J connectivity index is 2.02. The second-order valence-corrected chi connectivity index (χ2v) is 7.34. The van der Waals surface area contributed by atoms with Gasteiger partial charge in [-0.1, -0.05) is 37.3 Å². The number of hydrogen-bond acceptors (Lipinski definition) is 3. The highest BCUT2D eigenvalue weighted by Crippen LogP contribution is 2.18. The van der Waals surface area contributed by atoms with E-state index >= 15 is 0 Å². The third-order valence-corrected chi connectivity index (χ3v) is 5.40. The summed E-state index contributed by atoms with van der Waals surface area (Å²) in [6.07, 6.45) is 0.920. The molecule has 2 aromatic carbocycles. The van der Waals surface area contributed by atoms with E-state index < -0.39 is 10.0 Å². The first-order valence-electron chi connectivity index (χ1n) is 7.84. The van der Waals surface area contributed by atoms with Crippen LogP contribution in [0.1, 0.15) is 35.2 Å². The van der Waals surface area contributed by atoms with Crippen LogP contribution in [0.5, 0.6) is 0 Å². The second-order valence-electron chi connectivity index (χ2n) is 5.46. The summed E-state index contributed by atoms with van der Waals surface area (Å²) in [6.45, 7) is 2.62. The number of nitrogens with one attached hydrogen (secondary N) is 2. The van der Waals surface area contributed by atoms with Gasteiger partial charge in [0.2, 0.25) is 10.0 Å². The van der Waals surface area contributed by atoms with Crippen LogP contribution in [0.15, 0.2) is 59.5 Å². The van der Waals surface area contributed by atoms with Gasteiger partial charge in [-0.2, -0.15) is 0 Å². The number of carbonyl (C=O) groups is 1. The van der Waals surface area contributed by atoms with Crippen molar-refractivity contribution in [3.05, 3.63) is 65.7 Å². The lowest BCUT2D eigenvalue weighted by Gasteiger charge is -2.16. The first kappa shape index (κ1) is 18.2. The minimum atomic E-state index is -3.49. The number of carbonyl (C=O) groups excluding carboxylic acids is 1. The van der Waals surface area contributed by atoms with E-state index in [0.29, 0.717) is 12.1 Å². The lowest BCUT2D eigenvalue weighted by molar-refractivity contribution is 0.0951. The van der Waals surface area contributed by atoms with Crippen LogP contribution in [0.3, 0.4) is 0 Å². The van der Waals surface area contributed by atoms with Crippen molar-refractivity contribution < 1.29 is 13.2 Å². The third-order valence-electron chi connectivity index (χ3n) is 3.97. The number of sulfonamides is 1. The lowest BCUT2D eigenvalue weighted by Crippen LogP contribution is -2.28. The van der Waals surface area contributed by atoms with E-state index in [2.05, 4.69) is 29.1 Å². The molecule has 1 unspecified atom stereocenters. The summed E-state index contributed by atoms with van der Waals surface area (Å²) in [5.41, 5.74) is 1.63. The fourth-order valence-corrected chi connectivity index (χ4v) is 3.17. The molecule has 0 radical (unpaired) electrons. The van der Waals surface area contributed by atoms with E-state index in [1.165, 1.54) is 36.9 Å². The average Bonchev–Trinajstić information content (AvgIpc) is 2.63. The van der Waals surface area contributed by atoms with E-state index in [9.17, 15) is 13.2 Å². The average molecular weight is 346 g/mol. The van der Waals surface area contributed by atoms with Crippen molar-refractivity contribution in [3.63, 3.8) is 0 Å². The van der Waals surface area contributed by atoms with Crippen molar-refractivity contribution in [2.45, 2.75) is 24.2 Å². The molecule has 0 heterocycles. The van der Waals surface area contributed by atoms with Crippen LogP contribution in [0.4, 0.5) is 0 Å². The summed E-state index contributed by atoms with van der Waals surface area (Å²) in [4.78, 5) is 12.4. The molecule has 6 heteroatoms. The molecule has 1 atom stereocenters. The first-order chi connectivity index (χ1) is 11.5. The van der Waals surface area contributed by atoms with E-state index in [1.807, 2.05) is 18.2 Å². The van der Waals surface area contributed by atoms with Crippen molar-refractivity contribution in [1.29, 1.82) is 0 Å². The Hall–Kier alpha value is -2.18. The van der Waals surface area contributed by atoms with E-state index in [4.69, 9.17) is 0 Å². The molecule has 0 aromatic heterocycles. The largest absolute Gasteiger partial charge is 0.351 e. The smallest absolute Gasteiger partial charge is 0.251 e. The van der Waals surface area contributed by atoms with Crippen LogP contribution in [-0.2, 0) is 10.0 Å². The zero-order valence-corrected chi connectivity index (χ0v) is 14.6. The van der Waals surface area contributed by atoms with Gasteiger partial charge < -0.3 is 5.32 Å². The SMILES string of the molecule is CCC(CNC(=O)c1ccc(S(=O)(=O)NC)cc1)c1ccccc1. The van der Waals surface area contributed by atoms with Crippen LogP contribution < -0.4 is 10.0 Å². The molecule has 0 spiro atoms. The van der Waals surface area contributed by atoms with Gasteiger partial charge in [0.05, 0.1) is 4.90 Å². The molecular weight excluding hydrogens is 324 g/mol. The van der Waals surface area contributed by atoms with Crippen molar-refractivity contribution in [2.75, 3.05) is 13.6 Å². The number of benzene rings is 2. The van der Waals surface area contributed by atoms with Gasteiger partial charge in [-0.25, -0.2) is 13.1 Å². The van der Waals surface area contributed by atoms with Crippen LogP contribution in [0.2, 0.25) is 0 Å². The maximum atomic E-state index is 12.3. The van der Waals surface area contributed by atoms with Gasteiger partial charge in [0.15, 0.2) is 0 Å². The van der Waals surface area contributed by atoms with Gasteiger partial charge in [0.1, 0.15) is 0 Å². The second kappa shape index (κ2) is 8.08. The monoisotopic (exact) mass is 346 g/mol. The molecule has 2 N–H and O–H groups in total. The minimum Gasteiger partial charge on any atom is -0.351 e. The van der Waals surface area contributed by atoms with E-state index in [0.717, 1.165) is 6.42 Å². The molecular formula is C18H22N2O3S. The minimum absolute atomic E-state index is 0.136. The van der Waals surface area contributed by atoms with Crippen LogP contribution >= 0.6 is 0 Å². The first-order valence-corrected chi connectivity index (χ1v) is 9.33. The molecule has 0 aliphatic rings. The fourth-order valence-electron chi connectivity index (χ4n) is 2.44. The molecule has 1 amide bonds. The maximum absolute atomic E-state index is 12.3. The van der Waals surface area contributed by atoms with Crippen molar-refractivity contribution in [3.8, 4) is 0 Å². The Labute approximate surface area is 143 Å². The molecule has 0 bridgehead atoms. The van der Waals surface area contributed by atoms with Gasteiger partial charge >= 0.3 is 0 Å². The third kappa shape index (κ3) is 4.43. The van der Waals surface area contributed by atoms with E-state index in [-0.39, 0.29) is 16.7 Å². The topological polar surface area (TPSA) is 75.3 Å². The highest BCUT2D eigenvalue weighted by Gasteiger charge is 2.14. The molecule has 128 valence electrons. The fraction of sp³-hybridized carbons (Fsp3) is 0.278. The highest BCUT2D eigenvalue weighted by molar-refractivity contribution is 7.89. The van der Waals surface area contributed by atoms with Crippen molar-refractivity contribution >= 4 is 15.9 Å². The normalized spacial score (nSPS) is 12.6. The van der Waals surface area contributed by atoms with Gasteiger partial charge in [0.25, 0.3) is 5.91 Å². The highest BCUT2D eigenvalue weighted by atomic mass is 32.2. The molecule has 0 aliphatic heterocycles. The zero-order chi connectivity index (χ0) is 17.6. The lowest BCUT2D eigenvalue weighted by atomic mass is 9.96. The molecule has 5 nitrogen and oxygen atoms in total. The van der Waals surface area contributed by atoms with E-state index in [1.54, 1.807) is 0 Å². The molecule has 0 fully saturated rings. The van der Waals surface area contributed by atoms with Gasteiger partial charge in [-0.3, -0.25) is 4.79 Å². The Morgan fingerprint density at radius 2 is 1.67 bits per heavy atom. The van der Waals surface area contributed by atoms with Gasteiger partial charge in [-0.05, 0) is 43.3 Å². The number of rotatable bonds is 7. The summed E-state index contributed by atoms with van der Waals surface area (Å²) >= 11 is 0. The molecule has 0 aliphatic carbocycles. The molecule has 2 aromatic rings. The number of amides is 1. The zero-order valence-electron chi connectivity index (χ0n) is 13.8. The number of hydrogen-bond donors (Lipinski definition) is 2. The summed E-state index contributed by atoms with van der Waals surface area (Å²) in [7, 11) is -2.14. The van der Waals surface area contributed by atoms with Gasteiger partial charge in [0, 0.05) is 18.0 Å².